The van der Waals surface area contributed by atoms with Gasteiger partial charge in [0.2, 0.25) is 0 Å². The van der Waals surface area contributed by atoms with Gasteiger partial charge >= 0.3 is 18.0 Å². The number of thiazole rings is 1. The normalized spacial score (nSPS) is 13.5. The van der Waals surface area contributed by atoms with E-state index in [0.717, 1.165) is 4.90 Å². The Balaban J connectivity index is 2.68. The topological polar surface area (TPSA) is 33.1 Å². The van der Waals surface area contributed by atoms with E-state index in [1.807, 2.05) is 6.26 Å². The van der Waals surface area contributed by atoms with Crippen molar-refractivity contribution in [1.82, 2.24) is 4.98 Å². The lowest BCUT2D eigenvalue weighted by molar-refractivity contribution is -0.376. The molecule has 0 amide bonds. The van der Waals surface area contributed by atoms with Crippen molar-refractivity contribution in [2.75, 3.05) is 6.26 Å². The van der Waals surface area contributed by atoms with Crippen LogP contribution in [0.5, 0.6) is 0 Å². The van der Waals surface area contributed by atoms with Crippen molar-refractivity contribution >= 4 is 23.1 Å². The highest BCUT2D eigenvalue weighted by molar-refractivity contribution is 7.98. The summed E-state index contributed by atoms with van der Waals surface area (Å²) in [6, 6.07) is 6.55. The van der Waals surface area contributed by atoms with Gasteiger partial charge in [0, 0.05) is 15.3 Å². The third-order valence-electron chi connectivity index (χ3n) is 3.67. The summed E-state index contributed by atoms with van der Waals surface area (Å²) in [5.41, 5.74) is -4.61. The molecule has 0 radical (unpaired) electrons. The van der Waals surface area contributed by atoms with E-state index in [4.69, 9.17) is 0 Å². The van der Waals surface area contributed by atoms with Crippen LogP contribution in [0.15, 0.2) is 29.2 Å². The number of hydrogen-bond donors (Lipinski definition) is 1. The number of alkyl halides is 6. The Morgan fingerprint density at radius 1 is 1.00 bits per heavy atom. The molecule has 0 aliphatic rings. The second kappa shape index (κ2) is 7.05. The third kappa shape index (κ3) is 3.59. The third-order valence-corrected chi connectivity index (χ3v) is 5.88. The number of nitrogens with zero attached hydrogens (tertiary/aromatic N) is 1. The highest BCUT2D eigenvalue weighted by Gasteiger charge is 2.73. The molecule has 10 heteroatoms. The lowest BCUT2D eigenvalue weighted by Gasteiger charge is -2.30. The van der Waals surface area contributed by atoms with Gasteiger partial charge in [-0.25, -0.2) is 4.98 Å². The molecule has 1 N–H and O–H groups in total. The Morgan fingerprint density at radius 2 is 1.50 bits per heavy atom. The first-order valence-corrected chi connectivity index (χ1v) is 9.38. The summed E-state index contributed by atoms with van der Waals surface area (Å²) >= 11 is 1.67. The molecule has 0 unspecified atom stereocenters. The molecule has 0 spiro atoms. The Kier molecular flexibility index (Phi) is 5.70. The largest absolute Gasteiger partial charge is 0.433 e. The molecule has 0 fully saturated rings. The standard InChI is InChI=1S/C16H15F6NOS2/c1-8(2)12-11(9-4-6-10(25-3)7-5-9)23-13(26-12)14(24,15(17,18)19)16(20,21)22/h4-8,24H,1-3H3. The summed E-state index contributed by atoms with van der Waals surface area (Å²) in [6.45, 7) is 3.27. The van der Waals surface area contributed by atoms with Gasteiger partial charge in [0.25, 0.3) is 0 Å². The first-order valence-electron chi connectivity index (χ1n) is 7.34. The number of aliphatic hydroxyl groups is 1. The van der Waals surface area contributed by atoms with Gasteiger partial charge in [-0.05, 0) is 24.3 Å². The van der Waals surface area contributed by atoms with Crippen LogP contribution in [0.2, 0.25) is 0 Å². The Morgan fingerprint density at radius 3 is 1.88 bits per heavy atom. The Bertz CT molecular complexity index is 751. The van der Waals surface area contributed by atoms with Gasteiger partial charge in [-0.3, -0.25) is 0 Å². The predicted octanol–water partition coefficient (Wildman–Crippen LogP) is 5.97. The number of halogens is 6. The average Bonchev–Trinajstić information content (AvgIpc) is 2.97. The second-order valence-corrected chi connectivity index (χ2v) is 7.73. The number of rotatable bonds is 4. The Labute approximate surface area is 154 Å². The molecule has 0 saturated carbocycles. The highest BCUT2D eigenvalue weighted by atomic mass is 32.2. The van der Waals surface area contributed by atoms with E-state index < -0.39 is 23.0 Å². The van der Waals surface area contributed by atoms with Crippen LogP contribution in [0, 0.1) is 0 Å². The number of thioether (sulfide) groups is 1. The van der Waals surface area contributed by atoms with Crippen molar-refractivity contribution in [2.24, 2.45) is 0 Å². The molecule has 0 atom stereocenters. The summed E-state index contributed by atoms with van der Waals surface area (Å²) in [7, 11) is 0. The molecule has 0 saturated heterocycles. The maximum Gasteiger partial charge on any atom is 0.433 e. The van der Waals surface area contributed by atoms with E-state index in [2.05, 4.69) is 4.98 Å². The van der Waals surface area contributed by atoms with E-state index in [-0.39, 0.29) is 27.8 Å². The molecule has 2 aromatic rings. The maximum atomic E-state index is 13.1. The lowest BCUT2D eigenvalue weighted by Crippen LogP contribution is -2.53. The molecule has 0 aliphatic heterocycles. The second-order valence-electron chi connectivity index (χ2n) is 5.82. The number of hydrogen-bond acceptors (Lipinski definition) is 4. The minimum absolute atomic E-state index is 0.0135. The van der Waals surface area contributed by atoms with Crippen LogP contribution in [-0.2, 0) is 5.60 Å². The summed E-state index contributed by atoms with van der Waals surface area (Å²) in [4.78, 5) is 4.71. The zero-order valence-corrected chi connectivity index (χ0v) is 15.5. The quantitative estimate of drug-likeness (QED) is 0.494. The molecule has 144 valence electrons. The summed E-state index contributed by atoms with van der Waals surface area (Å²) < 4.78 is 78.7. The average molecular weight is 415 g/mol. The van der Waals surface area contributed by atoms with Gasteiger partial charge in [0.15, 0.2) is 0 Å². The van der Waals surface area contributed by atoms with Gasteiger partial charge < -0.3 is 5.11 Å². The van der Waals surface area contributed by atoms with E-state index in [0.29, 0.717) is 5.56 Å². The molecule has 1 aromatic heterocycles. The fourth-order valence-electron chi connectivity index (χ4n) is 2.24. The van der Waals surface area contributed by atoms with Gasteiger partial charge in [0.1, 0.15) is 5.01 Å². The van der Waals surface area contributed by atoms with Gasteiger partial charge in [-0.15, -0.1) is 23.1 Å². The zero-order valence-electron chi connectivity index (χ0n) is 13.9. The van der Waals surface area contributed by atoms with E-state index in [9.17, 15) is 31.4 Å². The first kappa shape index (κ1) is 21.0. The van der Waals surface area contributed by atoms with Crippen LogP contribution in [0.4, 0.5) is 26.3 Å². The molecular formula is C16H15F6NOS2. The molecule has 1 heterocycles. The van der Waals surface area contributed by atoms with Crippen molar-refractivity contribution in [3.63, 3.8) is 0 Å². The van der Waals surface area contributed by atoms with Crippen LogP contribution in [-0.4, -0.2) is 28.7 Å². The van der Waals surface area contributed by atoms with Crippen LogP contribution in [0.3, 0.4) is 0 Å². The maximum absolute atomic E-state index is 13.1. The minimum Gasteiger partial charge on any atom is -0.368 e. The van der Waals surface area contributed by atoms with Gasteiger partial charge in [-0.1, -0.05) is 26.0 Å². The summed E-state index contributed by atoms with van der Waals surface area (Å²) in [5.74, 6) is -0.373. The molecule has 2 nitrogen and oxygen atoms in total. The van der Waals surface area contributed by atoms with Crippen molar-refractivity contribution in [3.8, 4) is 11.3 Å². The smallest absolute Gasteiger partial charge is 0.368 e. The van der Waals surface area contributed by atoms with Crippen molar-refractivity contribution in [1.29, 1.82) is 0 Å². The predicted molar refractivity (Wildman–Crippen MR) is 89.4 cm³/mol. The highest BCUT2D eigenvalue weighted by Crippen LogP contribution is 2.52. The van der Waals surface area contributed by atoms with Crippen LogP contribution in [0.25, 0.3) is 11.3 Å². The van der Waals surface area contributed by atoms with Gasteiger partial charge in [-0.2, -0.15) is 26.3 Å². The SMILES string of the molecule is CSc1ccc(-c2nc(C(O)(C(F)(F)F)C(F)(F)F)sc2C(C)C)cc1. The van der Waals surface area contributed by atoms with E-state index >= 15 is 0 Å². The van der Waals surface area contributed by atoms with Crippen molar-refractivity contribution < 1.29 is 31.4 Å². The molecule has 1 aromatic carbocycles. The van der Waals surface area contributed by atoms with Crippen LogP contribution in [0.1, 0.15) is 29.7 Å². The lowest BCUT2D eigenvalue weighted by atomic mass is 10.0. The van der Waals surface area contributed by atoms with Crippen LogP contribution < -0.4 is 0 Å². The van der Waals surface area contributed by atoms with E-state index in [1.54, 1.807) is 38.1 Å². The zero-order chi connectivity index (χ0) is 19.9. The number of benzene rings is 1. The van der Waals surface area contributed by atoms with Gasteiger partial charge in [0.05, 0.1) is 5.69 Å². The monoisotopic (exact) mass is 415 g/mol. The van der Waals surface area contributed by atoms with Crippen molar-refractivity contribution in [3.05, 3.63) is 34.2 Å². The fourth-order valence-corrected chi connectivity index (χ4v) is 3.87. The van der Waals surface area contributed by atoms with E-state index in [1.165, 1.54) is 11.8 Å². The first-order chi connectivity index (χ1) is 11.8. The molecule has 26 heavy (non-hydrogen) atoms. The minimum atomic E-state index is -5.95. The number of aromatic nitrogens is 1. The molecule has 0 aliphatic carbocycles. The fraction of sp³-hybridized carbons (Fsp3) is 0.438. The molecule has 2 rings (SSSR count). The van der Waals surface area contributed by atoms with Crippen molar-refractivity contribution in [2.45, 2.75) is 42.6 Å². The molecular weight excluding hydrogens is 400 g/mol. The van der Waals surface area contributed by atoms with Crippen LogP contribution >= 0.6 is 23.1 Å². The Hall–Kier alpha value is -1.26. The summed E-state index contributed by atoms with van der Waals surface area (Å²) in [6.07, 6.45) is -10.1. The summed E-state index contributed by atoms with van der Waals surface area (Å²) in [5, 5.41) is 8.17. The molecule has 0 bridgehead atoms.